The summed E-state index contributed by atoms with van der Waals surface area (Å²) >= 11 is 0. The quantitative estimate of drug-likeness (QED) is 0.882. The van der Waals surface area contributed by atoms with E-state index >= 15 is 0 Å². The van der Waals surface area contributed by atoms with Gasteiger partial charge in [-0.05, 0) is 25.0 Å². The van der Waals surface area contributed by atoms with Crippen LogP contribution in [0.5, 0.6) is 0 Å². The van der Waals surface area contributed by atoms with Gasteiger partial charge in [0.2, 0.25) is 0 Å². The van der Waals surface area contributed by atoms with E-state index in [1.807, 2.05) is 24.6 Å². The molecule has 0 spiro atoms. The highest BCUT2D eigenvalue weighted by Crippen LogP contribution is 2.23. The number of hydrogen-bond donors (Lipinski definition) is 1. The summed E-state index contributed by atoms with van der Waals surface area (Å²) in [5.41, 5.74) is 2.56. The summed E-state index contributed by atoms with van der Waals surface area (Å²) in [7, 11) is 0. The number of alkyl halides is 2. The van der Waals surface area contributed by atoms with Crippen LogP contribution in [0.15, 0.2) is 30.3 Å². The second-order valence-corrected chi connectivity index (χ2v) is 4.98. The molecule has 0 amide bonds. The van der Waals surface area contributed by atoms with E-state index < -0.39 is 12.5 Å². The number of aliphatic hydroxyl groups is 1. The van der Waals surface area contributed by atoms with Gasteiger partial charge in [-0.2, -0.15) is 5.10 Å². The van der Waals surface area contributed by atoms with Crippen LogP contribution in [0.25, 0.3) is 0 Å². The molecule has 0 aliphatic carbocycles. The fourth-order valence-corrected chi connectivity index (χ4v) is 2.31. The molecule has 3 nitrogen and oxygen atoms in total. The Kier molecular flexibility index (Phi) is 5.07. The first kappa shape index (κ1) is 15.6. The lowest BCUT2D eigenvalue weighted by atomic mass is 10.0. The number of benzene rings is 1. The van der Waals surface area contributed by atoms with Gasteiger partial charge in [-0.25, -0.2) is 8.78 Å². The van der Waals surface area contributed by atoms with E-state index in [0.717, 1.165) is 24.4 Å². The average molecular weight is 294 g/mol. The minimum absolute atomic E-state index is 0.0298. The van der Waals surface area contributed by atoms with Crippen LogP contribution in [-0.2, 0) is 19.4 Å². The number of halogens is 2. The summed E-state index contributed by atoms with van der Waals surface area (Å²) in [6.07, 6.45) is -1.93. The maximum absolute atomic E-state index is 12.5. The molecule has 0 saturated carbocycles. The third kappa shape index (κ3) is 3.67. The third-order valence-electron chi connectivity index (χ3n) is 3.55. The normalized spacial score (nSPS) is 12.9. The fourth-order valence-electron chi connectivity index (χ4n) is 2.31. The number of aliphatic hydroxyl groups excluding tert-OH is 1. The monoisotopic (exact) mass is 294 g/mol. The highest BCUT2D eigenvalue weighted by atomic mass is 19.3. The standard InChI is InChI=1S/C16H20F2N2O/c1-3-13-9-14(20(4-2)19-13)10-15(21)11-5-7-12(8-6-11)16(17)18/h5-9,15-16,21H,3-4,10H2,1-2H3. The molecular weight excluding hydrogens is 274 g/mol. The van der Waals surface area contributed by atoms with Gasteiger partial charge in [0.25, 0.3) is 6.43 Å². The van der Waals surface area contributed by atoms with Crippen molar-refractivity contribution in [2.24, 2.45) is 0 Å². The van der Waals surface area contributed by atoms with Gasteiger partial charge >= 0.3 is 0 Å². The summed E-state index contributed by atoms with van der Waals surface area (Å²) in [4.78, 5) is 0. The van der Waals surface area contributed by atoms with Crippen LogP contribution in [0.1, 0.15) is 48.9 Å². The van der Waals surface area contributed by atoms with Crippen molar-refractivity contribution >= 4 is 0 Å². The lowest BCUT2D eigenvalue weighted by molar-refractivity contribution is 0.150. The maximum atomic E-state index is 12.5. The van der Waals surface area contributed by atoms with Gasteiger partial charge < -0.3 is 5.11 Å². The molecule has 1 atom stereocenters. The zero-order chi connectivity index (χ0) is 15.4. The molecule has 1 heterocycles. The lowest BCUT2D eigenvalue weighted by Gasteiger charge is -2.12. The highest BCUT2D eigenvalue weighted by molar-refractivity contribution is 5.26. The van der Waals surface area contributed by atoms with Gasteiger partial charge in [0.15, 0.2) is 0 Å². The van der Waals surface area contributed by atoms with Crippen molar-refractivity contribution in [1.82, 2.24) is 9.78 Å². The van der Waals surface area contributed by atoms with Gasteiger partial charge in [0.05, 0.1) is 11.8 Å². The van der Waals surface area contributed by atoms with Gasteiger partial charge in [-0.1, -0.05) is 31.2 Å². The molecule has 5 heteroatoms. The number of hydrogen-bond acceptors (Lipinski definition) is 2. The Morgan fingerprint density at radius 3 is 2.29 bits per heavy atom. The van der Waals surface area contributed by atoms with Crippen molar-refractivity contribution in [2.45, 2.75) is 45.8 Å². The Hall–Kier alpha value is -1.75. The molecule has 0 saturated heterocycles. The van der Waals surface area contributed by atoms with Crippen LogP contribution in [-0.4, -0.2) is 14.9 Å². The Bertz CT molecular complexity index is 578. The molecule has 1 unspecified atom stereocenters. The lowest BCUT2D eigenvalue weighted by Crippen LogP contribution is -2.08. The van der Waals surface area contributed by atoms with Crippen molar-refractivity contribution in [3.8, 4) is 0 Å². The van der Waals surface area contributed by atoms with Crippen molar-refractivity contribution in [3.05, 3.63) is 52.8 Å². The summed E-state index contributed by atoms with van der Waals surface area (Å²) in [6.45, 7) is 4.78. The minimum atomic E-state index is -2.48. The Morgan fingerprint density at radius 2 is 1.76 bits per heavy atom. The summed E-state index contributed by atoms with van der Waals surface area (Å²) in [6, 6.07) is 7.81. The third-order valence-corrected chi connectivity index (χ3v) is 3.55. The second-order valence-electron chi connectivity index (χ2n) is 4.98. The maximum Gasteiger partial charge on any atom is 0.263 e. The van der Waals surface area contributed by atoms with E-state index in [9.17, 15) is 13.9 Å². The molecule has 0 radical (unpaired) electrons. The summed E-state index contributed by atoms with van der Waals surface area (Å²) in [5.74, 6) is 0. The molecule has 0 bridgehead atoms. The summed E-state index contributed by atoms with van der Waals surface area (Å²) in [5, 5.41) is 14.7. The Balaban J connectivity index is 2.13. The average Bonchev–Trinajstić information content (AvgIpc) is 2.89. The van der Waals surface area contributed by atoms with Gasteiger partial charge in [-0.15, -0.1) is 0 Å². The minimum Gasteiger partial charge on any atom is -0.388 e. The summed E-state index contributed by atoms with van der Waals surface area (Å²) < 4.78 is 26.9. The van der Waals surface area contributed by atoms with Crippen LogP contribution in [0, 0.1) is 0 Å². The van der Waals surface area contributed by atoms with Crippen molar-refractivity contribution in [3.63, 3.8) is 0 Å². The molecule has 0 fully saturated rings. The van der Waals surface area contributed by atoms with Crippen LogP contribution >= 0.6 is 0 Å². The van der Waals surface area contributed by atoms with E-state index in [1.54, 1.807) is 12.1 Å². The first-order chi connectivity index (χ1) is 10.0. The van der Waals surface area contributed by atoms with E-state index in [1.165, 1.54) is 12.1 Å². The van der Waals surface area contributed by atoms with Gasteiger partial charge in [0.1, 0.15) is 0 Å². The molecule has 0 aliphatic heterocycles. The molecule has 0 aliphatic rings. The van der Waals surface area contributed by atoms with Gasteiger partial charge in [0, 0.05) is 24.2 Å². The SMILES string of the molecule is CCc1cc(CC(O)c2ccc(C(F)F)cc2)n(CC)n1. The molecule has 114 valence electrons. The number of aromatic nitrogens is 2. The van der Waals surface area contributed by atoms with E-state index in [2.05, 4.69) is 5.10 Å². The van der Waals surface area contributed by atoms with E-state index in [0.29, 0.717) is 12.0 Å². The van der Waals surface area contributed by atoms with Crippen LogP contribution < -0.4 is 0 Å². The molecular formula is C16H20F2N2O. The molecule has 1 aromatic heterocycles. The fraction of sp³-hybridized carbons (Fsp3) is 0.438. The second kappa shape index (κ2) is 6.80. The zero-order valence-corrected chi connectivity index (χ0v) is 12.3. The molecule has 2 rings (SSSR count). The highest BCUT2D eigenvalue weighted by Gasteiger charge is 2.14. The zero-order valence-electron chi connectivity index (χ0n) is 12.3. The van der Waals surface area contributed by atoms with Crippen LogP contribution in [0.3, 0.4) is 0 Å². The van der Waals surface area contributed by atoms with Crippen molar-refractivity contribution in [1.29, 1.82) is 0 Å². The van der Waals surface area contributed by atoms with Crippen molar-refractivity contribution < 1.29 is 13.9 Å². The van der Waals surface area contributed by atoms with E-state index in [4.69, 9.17) is 0 Å². The smallest absolute Gasteiger partial charge is 0.263 e. The van der Waals surface area contributed by atoms with Crippen LogP contribution in [0.4, 0.5) is 8.78 Å². The first-order valence-corrected chi connectivity index (χ1v) is 7.16. The van der Waals surface area contributed by atoms with Gasteiger partial charge in [-0.3, -0.25) is 4.68 Å². The molecule has 1 N–H and O–H groups in total. The van der Waals surface area contributed by atoms with Crippen LogP contribution in [0.2, 0.25) is 0 Å². The molecule has 1 aromatic carbocycles. The predicted molar refractivity (Wildman–Crippen MR) is 77.3 cm³/mol. The number of nitrogens with zero attached hydrogens (tertiary/aromatic N) is 2. The van der Waals surface area contributed by atoms with Crippen molar-refractivity contribution in [2.75, 3.05) is 0 Å². The number of rotatable bonds is 6. The Labute approximate surface area is 123 Å². The van der Waals surface area contributed by atoms with E-state index in [-0.39, 0.29) is 5.56 Å². The topological polar surface area (TPSA) is 38.0 Å². The Morgan fingerprint density at radius 1 is 1.14 bits per heavy atom. The molecule has 2 aromatic rings. The number of aryl methyl sites for hydroxylation is 2. The first-order valence-electron chi connectivity index (χ1n) is 7.16. The predicted octanol–water partition coefficient (Wildman–Crippen LogP) is 3.68. The largest absolute Gasteiger partial charge is 0.388 e. The molecule has 21 heavy (non-hydrogen) atoms.